The van der Waals surface area contributed by atoms with Gasteiger partial charge in [0.2, 0.25) is 0 Å². The maximum Gasteiger partial charge on any atom is 0.407 e. The lowest BCUT2D eigenvalue weighted by Gasteiger charge is -2.26. The van der Waals surface area contributed by atoms with E-state index in [2.05, 4.69) is 10.6 Å². The predicted molar refractivity (Wildman–Crippen MR) is 136 cm³/mol. The number of carbonyl (C=O) groups excluding carboxylic acids is 2. The van der Waals surface area contributed by atoms with Crippen molar-refractivity contribution < 1.29 is 29.3 Å². The molecule has 0 heterocycles. The molecule has 0 spiro atoms. The Kier molecular flexibility index (Phi) is 11.5. The van der Waals surface area contributed by atoms with Gasteiger partial charge in [-0.15, -0.1) is 0 Å². The summed E-state index contributed by atoms with van der Waals surface area (Å²) in [6, 6.07) is 19.2. The van der Waals surface area contributed by atoms with Crippen LogP contribution in [0.4, 0.5) is 9.59 Å². The third kappa shape index (κ3) is 10.7. The zero-order chi connectivity index (χ0) is 25.6. The van der Waals surface area contributed by atoms with Crippen molar-refractivity contribution in [1.29, 1.82) is 0 Å². The fraction of sp³-hybridized carbons (Fsp3) is 0.500. The molecular weight excluding hydrogens is 460 g/mol. The Hall–Kier alpha value is -3.10. The highest BCUT2D eigenvalue weighted by molar-refractivity contribution is 5.68. The van der Waals surface area contributed by atoms with Crippen LogP contribution in [0.1, 0.15) is 62.5 Å². The summed E-state index contributed by atoms with van der Waals surface area (Å²) in [5.41, 5.74) is 1.94. The normalized spacial score (nSPS) is 23.4. The summed E-state index contributed by atoms with van der Waals surface area (Å²) in [4.78, 5) is 23.2. The topological polar surface area (TPSA) is 117 Å². The lowest BCUT2D eigenvalue weighted by Crippen LogP contribution is -2.39. The van der Waals surface area contributed by atoms with E-state index in [0.29, 0.717) is 12.8 Å². The van der Waals surface area contributed by atoms with Crippen LogP contribution in [-0.2, 0) is 22.7 Å². The number of amides is 2. The summed E-state index contributed by atoms with van der Waals surface area (Å²) >= 11 is 0. The SMILES string of the molecule is O=C(N[C@@H]1CCC[C@@H](O)C1)OCc1ccccc1.O=C(N[C@H]1CCC[C@H](O)C1)OCc1ccccc1. The average molecular weight is 499 g/mol. The fourth-order valence-corrected chi connectivity index (χ4v) is 4.45. The van der Waals surface area contributed by atoms with E-state index in [1.54, 1.807) is 0 Å². The molecule has 2 saturated carbocycles. The Morgan fingerprint density at radius 1 is 0.667 bits per heavy atom. The van der Waals surface area contributed by atoms with Crippen molar-refractivity contribution in [2.45, 2.75) is 88.9 Å². The van der Waals surface area contributed by atoms with E-state index in [4.69, 9.17) is 9.47 Å². The van der Waals surface area contributed by atoms with Crippen molar-refractivity contribution in [3.05, 3.63) is 71.8 Å². The van der Waals surface area contributed by atoms with Gasteiger partial charge in [0.15, 0.2) is 0 Å². The molecule has 8 heteroatoms. The summed E-state index contributed by atoms with van der Waals surface area (Å²) < 4.78 is 10.3. The van der Waals surface area contributed by atoms with Gasteiger partial charge in [0.25, 0.3) is 0 Å². The molecule has 4 N–H and O–H groups in total. The van der Waals surface area contributed by atoms with Crippen LogP contribution >= 0.6 is 0 Å². The molecule has 36 heavy (non-hydrogen) atoms. The molecule has 4 rings (SSSR count). The number of aliphatic hydroxyl groups excluding tert-OH is 2. The summed E-state index contributed by atoms with van der Waals surface area (Å²) in [7, 11) is 0. The van der Waals surface area contributed by atoms with Gasteiger partial charge in [-0.2, -0.15) is 0 Å². The molecule has 2 aliphatic rings. The number of rotatable bonds is 6. The summed E-state index contributed by atoms with van der Waals surface area (Å²) in [6.45, 7) is 0.559. The van der Waals surface area contributed by atoms with Gasteiger partial charge in [-0.3, -0.25) is 0 Å². The Labute approximate surface area is 213 Å². The molecule has 0 radical (unpaired) electrons. The molecule has 0 unspecified atom stereocenters. The first-order chi connectivity index (χ1) is 17.5. The number of ether oxygens (including phenoxy) is 2. The van der Waals surface area contributed by atoms with E-state index in [1.165, 1.54) is 0 Å². The first-order valence-electron chi connectivity index (χ1n) is 12.8. The Morgan fingerprint density at radius 3 is 1.42 bits per heavy atom. The van der Waals surface area contributed by atoms with E-state index >= 15 is 0 Å². The van der Waals surface area contributed by atoms with Crippen LogP contribution in [-0.4, -0.2) is 46.7 Å². The third-order valence-electron chi connectivity index (χ3n) is 6.36. The van der Waals surface area contributed by atoms with Crippen molar-refractivity contribution in [3.8, 4) is 0 Å². The molecule has 196 valence electrons. The number of alkyl carbamates (subject to hydrolysis) is 2. The molecule has 2 aromatic carbocycles. The van der Waals surface area contributed by atoms with Crippen molar-refractivity contribution in [2.75, 3.05) is 0 Å². The van der Waals surface area contributed by atoms with E-state index in [1.807, 2.05) is 60.7 Å². The Morgan fingerprint density at radius 2 is 1.06 bits per heavy atom. The van der Waals surface area contributed by atoms with Gasteiger partial charge in [-0.1, -0.05) is 60.7 Å². The second kappa shape index (κ2) is 15.1. The molecular formula is C28H38N2O6. The highest BCUT2D eigenvalue weighted by atomic mass is 16.6. The standard InChI is InChI=1S/2C14H19NO3/c2*16-13-8-4-7-12(9-13)15-14(17)18-10-11-5-2-1-3-6-11/h2*1-3,5-6,12-13,16H,4,7-10H2,(H,15,17)/t2*12-,13-/m10/s1. The van der Waals surface area contributed by atoms with Crippen LogP contribution in [0.3, 0.4) is 0 Å². The van der Waals surface area contributed by atoms with Crippen molar-refractivity contribution in [3.63, 3.8) is 0 Å². The molecule has 2 aromatic rings. The van der Waals surface area contributed by atoms with Crippen LogP contribution in [0, 0.1) is 0 Å². The Balaban J connectivity index is 0.000000201. The minimum Gasteiger partial charge on any atom is -0.445 e. The van der Waals surface area contributed by atoms with Crippen molar-refractivity contribution >= 4 is 12.2 Å². The number of hydrogen-bond acceptors (Lipinski definition) is 6. The average Bonchev–Trinajstić information content (AvgIpc) is 2.88. The second-order valence-corrected chi connectivity index (χ2v) is 9.45. The summed E-state index contributed by atoms with van der Waals surface area (Å²) in [5.74, 6) is 0. The van der Waals surface area contributed by atoms with Crippen molar-refractivity contribution in [2.24, 2.45) is 0 Å². The largest absolute Gasteiger partial charge is 0.445 e. The van der Waals surface area contributed by atoms with Gasteiger partial charge in [0.1, 0.15) is 13.2 Å². The maximum atomic E-state index is 11.6. The molecule has 0 bridgehead atoms. The molecule has 4 atom stereocenters. The highest BCUT2D eigenvalue weighted by Gasteiger charge is 2.23. The lowest BCUT2D eigenvalue weighted by atomic mass is 9.93. The molecule has 0 saturated heterocycles. The maximum absolute atomic E-state index is 11.6. The molecule has 2 aliphatic carbocycles. The van der Waals surface area contributed by atoms with Gasteiger partial charge in [0, 0.05) is 12.1 Å². The first-order valence-corrected chi connectivity index (χ1v) is 12.8. The molecule has 2 amide bonds. The minimum atomic E-state index is -0.405. The molecule has 2 fully saturated rings. The van der Waals surface area contributed by atoms with Gasteiger partial charge < -0.3 is 30.3 Å². The lowest BCUT2D eigenvalue weighted by molar-refractivity contribution is 0.0987. The second-order valence-electron chi connectivity index (χ2n) is 9.45. The highest BCUT2D eigenvalue weighted by Crippen LogP contribution is 2.19. The number of nitrogens with one attached hydrogen (secondary N) is 2. The number of aliphatic hydroxyl groups is 2. The van der Waals surface area contributed by atoms with E-state index in [9.17, 15) is 19.8 Å². The monoisotopic (exact) mass is 498 g/mol. The van der Waals surface area contributed by atoms with Gasteiger partial charge >= 0.3 is 12.2 Å². The van der Waals surface area contributed by atoms with Crippen LogP contribution < -0.4 is 10.6 Å². The fourth-order valence-electron chi connectivity index (χ4n) is 4.45. The number of carbonyl (C=O) groups is 2. The minimum absolute atomic E-state index is 0.0389. The smallest absolute Gasteiger partial charge is 0.407 e. The van der Waals surface area contributed by atoms with Crippen molar-refractivity contribution in [1.82, 2.24) is 10.6 Å². The number of hydrogen-bond donors (Lipinski definition) is 4. The van der Waals surface area contributed by atoms with E-state index in [0.717, 1.165) is 49.7 Å². The number of benzene rings is 2. The van der Waals surface area contributed by atoms with E-state index in [-0.39, 0.29) is 37.5 Å². The summed E-state index contributed by atoms with van der Waals surface area (Å²) in [5, 5.41) is 24.6. The van der Waals surface area contributed by atoms with E-state index < -0.39 is 12.2 Å². The van der Waals surface area contributed by atoms with Crippen LogP contribution in [0.25, 0.3) is 0 Å². The first kappa shape index (κ1) is 27.5. The zero-order valence-electron chi connectivity index (χ0n) is 20.7. The Bertz CT molecular complexity index is 835. The van der Waals surface area contributed by atoms with Gasteiger partial charge in [0.05, 0.1) is 12.2 Å². The molecule has 0 aromatic heterocycles. The van der Waals surface area contributed by atoms with Gasteiger partial charge in [-0.25, -0.2) is 9.59 Å². The zero-order valence-corrected chi connectivity index (χ0v) is 20.7. The predicted octanol–water partition coefficient (Wildman–Crippen LogP) is 4.43. The summed E-state index contributed by atoms with van der Waals surface area (Å²) in [6.07, 6.45) is 5.24. The van der Waals surface area contributed by atoms with Gasteiger partial charge in [-0.05, 0) is 62.5 Å². The third-order valence-corrected chi connectivity index (χ3v) is 6.36. The van der Waals surface area contributed by atoms with Crippen LogP contribution in [0.5, 0.6) is 0 Å². The molecule has 0 aliphatic heterocycles. The quantitative estimate of drug-likeness (QED) is 0.468. The van der Waals surface area contributed by atoms with Crippen LogP contribution in [0.2, 0.25) is 0 Å². The van der Waals surface area contributed by atoms with Crippen LogP contribution in [0.15, 0.2) is 60.7 Å². The molecule has 8 nitrogen and oxygen atoms in total.